The van der Waals surface area contributed by atoms with Crippen LogP contribution < -0.4 is 5.32 Å². The van der Waals surface area contributed by atoms with Crippen molar-refractivity contribution in [3.05, 3.63) is 43.3 Å². The van der Waals surface area contributed by atoms with Gasteiger partial charge in [-0.3, -0.25) is 0 Å². The molecule has 4 heteroatoms. The van der Waals surface area contributed by atoms with Crippen LogP contribution in [0.15, 0.2) is 16.6 Å². The van der Waals surface area contributed by atoms with Crippen molar-refractivity contribution in [2.24, 2.45) is 0 Å². The molecule has 0 spiro atoms. The van der Waals surface area contributed by atoms with E-state index in [0.29, 0.717) is 0 Å². The molecule has 1 aromatic carbocycles. The molecule has 1 unspecified atom stereocenters. The number of anilines is 1. The topological polar surface area (TPSA) is 24.9 Å². The van der Waals surface area contributed by atoms with Crippen LogP contribution in [-0.4, -0.2) is 4.98 Å². The number of aryl methyl sites for hydroxylation is 4. The number of hydrogen-bond acceptors (Lipinski definition) is 3. The number of hydrogen-bond donors (Lipinski definition) is 1. The summed E-state index contributed by atoms with van der Waals surface area (Å²) in [7, 11) is 0. The second kappa shape index (κ2) is 5.63. The second-order valence-electron chi connectivity index (χ2n) is 4.95. The zero-order valence-corrected chi connectivity index (χ0v) is 14.4. The summed E-state index contributed by atoms with van der Waals surface area (Å²) in [5.41, 5.74) is 4.87. The van der Waals surface area contributed by atoms with Crippen molar-refractivity contribution in [2.75, 3.05) is 5.32 Å². The highest BCUT2D eigenvalue weighted by atomic mass is 79.9. The molecule has 2 nitrogen and oxygen atoms in total. The first-order chi connectivity index (χ1) is 8.88. The summed E-state index contributed by atoms with van der Waals surface area (Å²) in [4.78, 5) is 5.93. The van der Waals surface area contributed by atoms with Gasteiger partial charge in [-0.2, -0.15) is 0 Å². The molecule has 2 rings (SSSR count). The van der Waals surface area contributed by atoms with Gasteiger partial charge in [-0.25, -0.2) is 4.98 Å². The van der Waals surface area contributed by atoms with Gasteiger partial charge < -0.3 is 5.32 Å². The van der Waals surface area contributed by atoms with E-state index in [1.54, 1.807) is 11.3 Å². The molecule has 102 valence electrons. The highest BCUT2D eigenvalue weighted by molar-refractivity contribution is 9.10. The van der Waals surface area contributed by atoms with Crippen molar-refractivity contribution in [3.8, 4) is 0 Å². The maximum atomic E-state index is 4.63. The summed E-state index contributed by atoms with van der Waals surface area (Å²) in [6, 6.07) is 4.51. The molecule has 0 bridgehead atoms. The van der Waals surface area contributed by atoms with E-state index in [-0.39, 0.29) is 6.04 Å². The van der Waals surface area contributed by atoms with Gasteiger partial charge in [0.05, 0.1) is 16.7 Å². The van der Waals surface area contributed by atoms with Crippen LogP contribution in [0.1, 0.15) is 39.7 Å². The van der Waals surface area contributed by atoms with E-state index in [4.69, 9.17) is 0 Å². The fourth-order valence-corrected chi connectivity index (χ4v) is 3.97. The Morgan fingerprint density at radius 3 is 2.21 bits per heavy atom. The molecule has 0 radical (unpaired) electrons. The first-order valence-corrected chi connectivity index (χ1v) is 7.96. The van der Waals surface area contributed by atoms with Crippen molar-refractivity contribution in [3.63, 3.8) is 0 Å². The lowest BCUT2D eigenvalue weighted by Crippen LogP contribution is -2.10. The highest BCUT2D eigenvalue weighted by Crippen LogP contribution is 2.30. The number of aromatic nitrogens is 1. The van der Waals surface area contributed by atoms with Crippen molar-refractivity contribution in [1.29, 1.82) is 0 Å². The van der Waals surface area contributed by atoms with Gasteiger partial charge in [0, 0.05) is 15.0 Å². The molecule has 0 saturated heterocycles. The Hall–Kier alpha value is -0.870. The quantitative estimate of drug-likeness (QED) is 0.819. The first kappa shape index (κ1) is 14.5. The van der Waals surface area contributed by atoms with Gasteiger partial charge >= 0.3 is 0 Å². The van der Waals surface area contributed by atoms with E-state index in [1.165, 1.54) is 21.7 Å². The molecule has 1 heterocycles. The Morgan fingerprint density at radius 2 is 1.74 bits per heavy atom. The number of nitrogens with zero attached hydrogens (tertiary/aromatic N) is 1. The molecule has 1 aromatic heterocycles. The van der Waals surface area contributed by atoms with Crippen LogP contribution in [-0.2, 0) is 0 Å². The fourth-order valence-electron chi connectivity index (χ4n) is 2.37. The standard InChI is InChI=1S/C15H19BrN2S/c1-8-6-13(16)7-9(2)14(8)17-10(3)15-11(4)19-12(5)18-15/h6-7,10,17H,1-5H3. The zero-order valence-electron chi connectivity index (χ0n) is 12.0. The summed E-state index contributed by atoms with van der Waals surface area (Å²) in [6.45, 7) is 10.6. The summed E-state index contributed by atoms with van der Waals surface area (Å²) in [5.74, 6) is 0. The van der Waals surface area contributed by atoms with Gasteiger partial charge in [0.15, 0.2) is 0 Å². The normalized spacial score (nSPS) is 12.5. The maximum Gasteiger partial charge on any atom is 0.0901 e. The van der Waals surface area contributed by atoms with Gasteiger partial charge in [-0.05, 0) is 57.9 Å². The van der Waals surface area contributed by atoms with Gasteiger partial charge in [0.25, 0.3) is 0 Å². The minimum absolute atomic E-state index is 0.225. The molecule has 0 aliphatic heterocycles. The molecule has 19 heavy (non-hydrogen) atoms. The molecule has 0 fully saturated rings. The number of nitrogens with one attached hydrogen (secondary N) is 1. The lowest BCUT2D eigenvalue weighted by molar-refractivity contribution is 0.834. The van der Waals surface area contributed by atoms with E-state index in [0.717, 1.165) is 15.2 Å². The number of thiazole rings is 1. The third-order valence-corrected chi connectivity index (χ3v) is 4.57. The molecule has 0 aliphatic carbocycles. The first-order valence-electron chi connectivity index (χ1n) is 6.35. The van der Waals surface area contributed by atoms with Crippen LogP contribution in [0.4, 0.5) is 5.69 Å². The SMILES string of the molecule is Cc1nc(C(C)Nc2c(C)cc(Br)cc2C)c(C)s1. The highest BCUT2D eigenvalue weighted by Gasteiger charge is 2.15. The Kier molecular flexibility index (Phi) is 4.31. The van der Waals surface area contributed by atoms with E-state index >= 15 is 0 Å². The minimum Gasteiger partial charge on any atom is -0.376 e. The Balaban J connectivity index is 2.29. The smallest absolute Gasteiger partial charge is 0.0901 e. The molecule has 0 amide bonds. The summed E-state index contributed by atoms with van der Waals surface area (Å²) < 4.78 is 1.13. The third kappa shape index (κ3) is 3.18. The van der Waals surface area contributed by atoms with Crippen LogP contribution >= 0.6 is 27.3 Å². The maximum absolute atomic E-state index is 4.63. The predicted molar refractivity (Wildman–Crippen MR) is 87.2 cm³/mol. The number of benzene rings is 1. The van der Waals surface area contributed by atoms with E-state index in [1.807, 2.05) is 0 Å². The van der Waals surface area contributed by atoms with Gasteiger partial charge in [0.2, 0.25) is 0 Å². The molecule has 2 aromatic rings. The van der Waals surface area contributed by atoms with Crippen molar-refractivity contribution in [1.82, 2.24) is 4.98 Å². The lowest BCUT2D eigenvalue weighted by Gasteiger charge is -2.18. The second-order valence-corrected chi connectivity index (χ2v) is 7.28. The molecule has 0 saturated carbocycles. The van der Waals surface area contributed by atoms with Gasteiger partial charge in [-0.15, -0.1) is 11.3 Å². The van der Waals surface area contributed by atoms with Crippen LogP contribution in [0.3, 0.4) is 0 Å². The monoisotopic (exact) mass is 338 g/mol. The number of rotatable bonds is 3. The van der Waals surface area contributed by atoms with E-state index in [2.05, 4.69) is 73.0 Å². The predicted octanol–water partition coefficient (Wildman–Crippen LogP) is 5.31. The summed E-state index contributed by atoms with van der Waals surface area (Å²) >= 11 is 5.30. The Morgan fingerprint density at radius 1 is 1.16 bits per heavy atom. The Bertz CT molecular complexity index is 581. The van der Waals surface area contributed by atoms with E-state index in [9.17, 15) is 0 Å². The fraction of sp³-hybridized carbons (Fsp3) is 0.400. The van der Waals surface area contributed by atoms with Crippen LogP contribution in [0.25, 0.3) is 0 Å². The summed E-state index contributed by atoms with van der Waals surface area (Å²) in [5, 5.41) is 4.73. The van der Waals surface area contributed by atoms with Crippen molar-refractivity contribution in [2.45, 2.75) is 40.7 Å². The summed E-state index contributed by atoms with van der Waals surface area (Å²) in [6.07, 6.45) is 0. The third-order valence-electron chi connectivity index (χ3n) is 3.21. The van der Waals surface area contributed by atoms with Gasteiger partial charge in [-0.1, -0.05) is 15.9 Å². The van der Waals surface area contributed by atoms with E-state index < -0.39 is 0 Å². The zero-order chi connectivity index (χ0) is 14.2. The van der Waals surface area contributed by atoms with Crippen LogP contribution in [0, 0.1) is 27.7 Å². The van der Waals surface area contributed by atoms with Crippen LogP contribution in [0.5, 0.6) is 0 Å². The lowest BCUT2D eigenvalue weighted by atomic mass is 10.1. The Labute approximate surface area is 127 Å². The van der Waals surface area contributed by atoms with Gasteiger partial charge in [0.1, 0.15) is 0 Å². The molecule has 1 atom stereocenters. The molecular formula is C15H19BrN2S. The molecule has 0 aliphatic rings. The molecule has 1 N–H and O–H groups in total. The minimum atomic E-state index is 0.225. The largest absolute Gasteiger partial charge is 0.376 e. The van der Waals surface area contributed by atoms with Crippen molar-refractivity contribution < 1.29 is 0 Å². The van der Waals surface area contributed by atoms with Crippen molar-refractivity contribution >= 4 is 33.0 Å². The van der Waals surface area contributed by atoms with Crippen LogP contribution in [0.2, 0.25) is 0 Å². The molecular weight excluding hydrogens is 320 g/mol. The number of halogens is 1. The average molecular weight is 339 g/mol. The average Bonchev–Trinajstić information content (AvgIpc) is 2.62.